The van der Waals surface area contributed by atoms with Gasteiger partial charge in [-0.05, 0) is 62.7 Å². The minimum absolute atomic E-state index is 0.712. The number of fused-ring (bicyclic) bond motifs is 2. The van der Waals surface area contributed by atoms with Gasteiger partial charge in [-0.15, -0.1) is 0 Å². The highest BCUT2D eigenvalue weighted by Crippen LogP contribution is 2.28. The highest BCUT2D eigenvalue weighted by molar-refractivity contribution is 5.59. The van der Waals surface area contributed by atoms with Crippen LogP contribution in [-0.2, 0) is 13.0 Å². The number of aryl methyl sites for hydroxylation is 1. The van der Waals surface area contributed by atoms with E-state index in [2.05, 4.69) is 33.7 Å². The molecule has 2 N–H and O–H groups in total. The summed E-state index contributed by atoms with van der Waals surface area (Å²) < 4.78 is 0. The molecule has 0 bridgehead atoms. The molecule has 0 radical (unpaired) electrons. The predicted octanol–water partition coefficient (Wildman–Crippen LogP) is 2.76. The van der Waals surface area contributed by atoms with Gasteiger partial charge < -0.3 is 15.5 Å². The van der Waals surface area contributed by atoms with Crippen LogP contribution in [0.15, 0.2) is 18.2 Å². The van der Waals surface area contributed by atoms with E-state index in [1.807, 2.05) is 0 Å². The third kappa shape index (κ3) is 2.82. The van der Waals surface area contributed by atoms with Gasteiger partial charge in [-0.1, -0.05) is 18.2 Å². The van der Waals surface area contributed by atoms with Gasteiger partial charge in [0, 0.05) is 30.9 Å². The van der Waals surface area contributed by atoms with Crippen LogP contribution >= 0.6 is 0 Å². The summed E-state index contributed by atoms with van der Waals surface area (Å²) >= 11 is 0. The van der Waals surface area contributed by atoms with Gasteiger partial charge in [0.25, 0.3) is 0 Å². The van der Waals surface area contributed by atoms with Crippen LogP contribution in [0.4, 0.5) is 5.69 Å². The van der Waals surface area contributed by atoms with Crippen molar-refractivity contribution in [2.75, 3.05) is 25.0 Å². The summed E-state index contributed by atoms with van der Waals surface area (Å²) in [6, 6.07) is 8.36. The number of anilines is 1. The maximum Gasteiger partial charge on any atom is 0.0418 e. The normalized spacial score (nSPS) is 28.8. The van der Waals surface area contributed by atoms with Gasteiger partial charge in [-0.2, -0.15) is 0 Å². The highest BCUT2D eigenvalue weighted by atomic mass is 15.2. The summed E-state index contributed by atoms with van der Waals surface area (Å²) in [5.74, 6) is 0. The molecule has 3 heteroatoms. The molecule has 0 spiro atoms. The van der Waals surface area contributed by atoms with Crippen LogP contribution in [0.5, 0.6) is 0 Å². The molecule has 0 amide bonds. The van der Waals surface area contributed by atoms with Crippen LogP contribution in [0.1, 0.15) is 43.2 Å². The highest BCUT2D eigenvalue weighted by Gasteiger charge is 2.31. The van der Waals surface area contributed by atoms with Gasteiger partial charge in [0.05, 0.1) is 0 Å². The van der Waals surface area contributed by atoms with E-state index < -0.39 is 0 Å². The average molecular weight is 285 g/mol. The largest absolute Gasteiger partial charge is 0.385 e. The molecule has 1 aromatic carbocycles. The van der Waals surface area contributed by atoms with Crippen molar-refractivity contribution in [3.05, 3.63) is 29.3 Å². The van der Waals surface area contributed by atoms with Crippen molar-refractivity contribution >= 4 is 5.69 Å². The fourth-order valence-electron chi connectivity index (χ4n) is 4.39. The van der Waals surface area contributed by atoms with Crippen molar-refractivity contribution in [3.63, 3.8) is 0 Å². The van der Waals surface area contributed by atoms with Crippen molar-refractivity contribution in [1.82, 2.24) is 10.2 Å². The standard InChI is InChI=1S/C18H27N3/c1-4-14-6-2-9-19-18(14)15(5-1)13-20-16-8-11-21-10-3-7-17(21)12-16/h1,4-5,16-17,19-20H,2-3,6-13H2. The molecule has 2 saturated heterocycles. The van der Waals surface area contributed by atoms with Crippen LogP contribution in [0.25, 0.3) is 0 Å². The molecule has 3 aliphatic rings. The predicted molar refractivity (Wildman–Crippen MR) is 87.7 cm³/mol. The molecule has 0 aliphatic carbocycles. The fraction of sp³-hybridized carbons (Fsp3) is 0.667. The van der Waals surface area contributed by atoms with E-state index in [9.17, 15) is 0 Å². The first-order chi connectivity index (χ1) is 10.4. The molecule has 3 aliphatic heterocycles. The summed E-state index contributed by atoms with van der Waals surface area (Å²) in [6.45, 7) is 4.79. The Labute approximate surface area is 128 Å². The number of nitrogens with zero attached hydrogens (tertiary/aromatic N) is 1. The minimum Gasteiger partial charge on any atom is -0.385 e. The zero-order valence-electron chi connectivity index (χ0n) is 12.9. The van der Waals surface area contributed by atoms with E-state index in [1.165, 1.54) is 68.4 Å². The quantitative estimate of drug-likeness (QED) is 0.894. The number of piperidine rings is 1. The van der Waals surface area contributed by atoms with E-state index in [0.29, 0.717) is 6.04 Å². The van der Waals surface area contributed by atoms with Crippen molar-refractivity contribution in [1.29, 1.82) is 0 Å². The second-order valence-electron chi connectivity index (χ2n) is 6.92. The van der Waals surface area contributed by atoms with E-state index >= 15 is 0 Å². The Kier molecular flexibility index (Phi) is 3.87. The first kappa shape index (κ1) is 13.6. The van der Waals surface area contributed by atoms with Crippen molar-refractivity contribution in [2.45, 2.75) is 57.2 Å². The molecular formula is C18H27N3. The zero-order valence-corrected chi connectivity index (χ0v) is 12.9. The maximum atomic E-state index is 3.83. The lowest BCUT2D eigenvalue weighted by Crippen LogP contribution is -2.45. The molecule has 3 nitrogen and oxygen atoms in total. The lowest BCUT2D eigenvalue weighted by molar-refractivity contribution is 0.166. The van der Waals surface area contributed by atoms with E-state index in [4.69, 9.17) is 0 Å². The average Bonchev–Trinajstić information content (AvgIpc) is 3.00. The first-order valence-corrected chi connectivity index (χ1v) is 8.72. The molecule has 2 fully saturated rings. The Balaban J connectivity index is 1.38. The Morgan fingerprint density at radius 2 is 2.19 bits per heavy atom. The zero-order chi connectivity index (χ0) is 14.1. The van der Waals surface area contributed by atoms with Gasteiger partial charge in [-0.3, -0.25) is 0 Å². The topological polar surface area (TPSA) is 27.3 Å². The van der Waals surface area contributed by atoms with Crippen LogP contribution in [-0.4, -0.2) is 36.6 Å². The van der Waals surface area contributed by atoms with Crippen molar-refractivity contribution in [2.24, 2.45) is 0 Å². The minimum atomic E-state index is 0.712. The molecule has 114 valence electrons. The fourth-order valence-corrected chi connectivity index (χ4v) is 4.39. The summed E-state index contributed by atoms with van der Waals surface area (Å²) in [6.07, 6.45) is 8.00. The molecule has 2 unspecified atom stereocenters. The molecular weight excluding hydrogens is 258 g/mol. The SMILES string of the molecule is c1cc2c(c(CNC3CCN4CCCC4C3)c1)NCCC2. The van der Waals surface area contributed by atoms with Gasteiger partial charge >= 0.3 is 0 Å². The van der Waals surface area contributed by atoms with Crippen molar-refractivity contribution < 1.29 is 0 Å². The van der Waals surface area contributed by atoms with E-state index in [-0.39, 0.29) is 0 Å². The number of rotatable bonds is 3. The summed E-state index contributed by atoms with van der Waals surface area (Å²) in [5, 5.41) is 7.44. The van der Waals surface area contributed by atoms with Gasteiger partial charge in [-0.25, -0.2) is 0 Å². The lowest BCUT2D eigenvalue weighted by atomic mass is 9.96. The van der Waals surface area contributed by atoms with Gasteiger partial charge in [0.2, 0.25) is 0 Å². The molecule has 21 heavy (non-hydrogen) atoms. The monoisotopic (exact) mass is 285 g/mol. The van der Waals surface area contributed by atoms with Crippen LogP contribution < -0.4 is 10.6 Å². The number of hydrogen-bond acceptors (Lipinski definition) is 3. The Morgan fingerprint density at radius 1 is 1.19 bits per heavy atom. The van der Waals surface area contributed by atoms with Crippen molar-refractivity contribution in [3.8, 4) is 0 Å². The van der Waals surface area contributed by atoms with Gasteiger partial charge in [0.15, 0.2) is 0 Å². The lowest BCUT2D eigenvalue weighted by Gasteiger charge is -2.35. The Hall–Kier alpha value is -1.06. The summed E-state index contributed by atoms with van der Waals surface area (Å²) in [5.41, 5.74) is 4.38. The van der Waals surface area contributed by atoms with Crippen LogP contribution in [0.2, 0.25) is 0 Å². The first-order valence-electron chi connectivity index (χ1n) is 8.72. The molecule has 4 rings (SSSR count). The Bertz CT molecular complexity index is 499. The summed E-state index contributed by atoms with van der Waals surface area (Å²) in [4.78, 5) is 2.70. The molecule has 1 aromatic rings. The van der Waals surface area contributed by atoms with Crippen LogP contribution in [0.3, 0.4) is 0 Å². The number of hydrogen-bond donors (Lipinski definition) is 2. The molecule has 2 atom stereocenters. The molecule has 0 saturated carbocycles. The van der Waals surface area contributed by atoms with Gasteiger partial charge in [0.1, 0.15) is 0 Å². The maximum absolute atomic E-state index is 3.83. The van der Waals surface area contributed by atoms with E-state index in [0.717, 1.165) is 19.1 Å². The number of para-hydroxylation sites is 1. The van der Waals surface area contributed by atoms with Crippen LogP contribution in [0, 0.1) is 0 Å². The number of nitrogens with one attached hydrogen (secondary N) is 2. The molecule has 0 aromatic heterocycles. The van der Waals surface area contributed by atoms with E-state index in [1.54, 1.807) is 0 Å². The second kappa shape index (κ2) is 5.98. The second-order valence-corrected chi connectivity index (χ2v) is 6.92. The summed E-state index contributed by atoms with van der Waals surface area (Å²) in [7, 11) is 0. The smallest absolute Gasteiger partial charge is 0.0418 e. The molecule has 3 heterocycles. The third-order valence-corrected chi connectivity index (χ3v) is 5.56. The Morgan fingerprint density at radius 3 is 3.19 bits per heavy atom. The third-order valence-electron chi connectivity index (χ3n) is 5.56. The number of benzene rings is 1.